The monoisotopic (exact) mass is 277 g/mol. The first-order valence-corrected chi connectivity index (χ1v) is 7.66. The number of rotatable bonds is 5. The van der Waals surface area contributed by atoms with Crippen LogP contribution in [0.25, 0.3) is 0 Å². The second-order valence-electron chi connectivity index (χ2n) is 6.41. The molecule has 1 saturated carbocycles. The molecule has 1 unspecified atom stereocenters. The molecule has 1 aromatic carbocycles. The fourth-order valence-corrected chi connectivity index (χ4v) is 2.91. The Morgan fingerprint density at radius 3 is 2.35 bits per heavy atom. The molecule has 2 rings (SSSR count). The topological polar surface area (TPSA) is 55.5 Å². The van der Waals surface area contributed by atoms with Crippen LogP contribution in [0.2, 0.25) is 0 Å². The molecule has 0 aromatic heterocycles. The maximum absolute atomic E-state index is 10.5. The molecular weight excluding hydrogens is 250 g/mol. The zero-order valence-electron chi connectivity index (χ0n) is 12.5. The van der Waals surface area contributed by atoms with E-state index in [4.69, 9.17) is 10.5 Å². The van der Waals surface area contributed by atoms with Gasteiger partial charge in [-0.2, -0.15) is 0 Å². The van der Waals surface area contributed by atoms with E-state index in [0.29, 0.717) is 6.61 Å². The zero-order chi connectivity index (χ0) is 14.5. The molecule has 0 saturated heterocycles. The fourth-order valence-electron chi connectivity index (χ4n) is 2.91. The van der Waals surface area contributed by atoms with Gasteiger partial charge in [0, 0.05) is 5.54 Å². The average molecular weight is 277 g/mol. The van der Waals surface area contributed by atoms with Gasteiger partial charge in [-0.3, -0.25) is 0 Å². The van der Waals surface area contributed by atoms with Crippen molar-refractivity contribution in [1.29, 1.82) is 0 Å². The van der Waals surface area contributed by atoms with E-state index in [9.17, 15) is 5.11 Å². The van der Waals surface area contributed by atoms with Crippen molar-refractivity contribution in [3.63, 3.8) is 0 Å². The van der Waals surface area contributed by atoms with Crippen LogP contribution in [0, 0.1) is 0 Å². The molecule has 1 aromatic rings. The van der Waals surface area contributed by atoms with Crippen LogP contribution in [0.5, 0.6) is 0 Å². The third-order valence-electron chi connectivity index (χ3n) is 4.27. The van der Waals surface area contributed by atoms with Crippen molar-refractivity contribution in [2.75, 3.05) is 13.2 Å². The molecule has 0 radical (unpaired) electrons. The maximum atomic E-state index is 10.5. The summed E-state index contributed by atoms with van der Waals surface area (Å²) in [5.74, 6) is 0. The van der Waals surface area contributed by atoms with E-state index >= 15 is 0 Å². The first kappa shape index (κ1) is 15.5. The van der Waals surface area contributed by atoms with Crippen molar-refractivity contribution in [2.45, 2.75) is 56.6 Å². The number of aliphatic hydroxyl groups is 1. The largest absolute Gasteiger partial charge is 0.383 e. The van der Waals surface area contributed by atoms with Crippen LogP contribution >= 0.6 is 0 Å². The van der Waals surface area contributed by atoms with Gasteiger partial charge < -0.3 is 15.6 Å². The number of hydrogen-bond acceptors (Lipinski definition) is 3. The first-order chi connectivity index (χ1) is 9.52. The van der Waals surface area contributed by atoms with Gasteiger partial charge in [-0.15, -0.1) is 0 Å². The molecule has 0 bridgehead atoms. The van der Waals surface area contributed by atoms with E-state index < -0.39 is 5.60 Å². The van der Waals surface area contributed by atoms with E-state index in [1.807, 2.05) is 30.3 Å². The normalized spacial score (nSPS) is 21.9. The van der Waals surface area contributed by atoms with Gasteiger partial charge in [-0.1, -0.05) is 56.0 Å². The zero-order valence-corrected chi connectivity index (χ0v) is 12.5. The van der Waals surface area contributed by atoms with Crippen LogP contribution in [0.4, 0.5) is 0 Å². The van der Waals surface area contributed by atoms with E-state index in [0.717, 1.165) is 18.4 Å². The smallest absolute Gasteiger partial charge is 0.110 e. The van der Waals surface area contributed by atoms with Gasteiger partial charge in [0.15, 0.2) is 0 Å². The van der Waals surface area contributed by atoms with Crippen LogP contribution in [0.15, 0.2) is 30.3 Å². The summed E-state index contributed by atoms with van der Waals surface area (Å²) in [6.45, 7) is 2.62. The second kappa shape index (κ2) is 6.70. The Morgan fingerprint density at radius 2 is 1.75 bits per heavy atom. The molecule has 3 N–H and O–H groups in total. The Bertz CT molecular complexity index is 395. The minimum Gasteiger partial charge on any atom is -0.383 e. The van der Waals surface area contributed by atoms with Gasteiger partial charge in [0.25, 0.3) is 0 Å². The van der Waals surface area contributed by atoms with Gasteiger partial charge in [0.1, 0.15) is 5.60 Å². The summed E-state index contributed by atoms with van der Waals surface area (Å²) in [4.78, 5) is 0. The highest BCUT2D eigenvalue weighted by atomic mass is 16.5. The Balaban J connectivity index is 1.85. The summed E-state index contributed by atoms with van der Waals surface area (Å²) in [5, 5.41) is 10.5. The molecule has 1 aliphatic rings. The van der Waals surface area contributed by atoms with E-state index in [1.165, 1.54) is 25.7 Å². The molecule has 0 spiro atoms. The summed E-state index contributed by atoms with van der Waals surface area (Å²) in [6.07, 6.45) is 6.99. The standard InChI is InChI=1S/C17H27NO2/c1-16(19,15-9-5-4-6-10-15)13-20-14-17(18)11-7-2-3-8-12-17/h4-6,9-10,19H,2-3,7-8,11-14,18H2,1H3. The van der Waals surface area contributed by atoms with Crippen LogP contribution in [0.1, 0.15) is 51.0 Å². The lowest BCUT2D eigenvalue weighted by atomic mass is 9.92. The van der Waals surface area contributed by atoms with E-state index in [1.54, 1.807) is 6.92 Å². The quantitative estimate of drug-likeness (QED) is 0.814. The number of benzene rings is 1. The highest BCUT2D eigenvalue weighted by Gasteiger charge is 2.29. The third kappa shape index (κ3) is 4.30. The van der Waals surface area contributed by atoms with Crippen molar-refractivity contribution in [3.8, 4) is 0 Å². The van der Waals surface area contributed by atoms with Crippen LogP contribution in [0.3, 0.4) is 0 Å². The molecule has 112 valence electrons. The van der Waals surface area contributed by atoms with E-state index in [2.05, 4.69) is 0 Å². The Labute approximate surface area is 122 Å². The Kier molecular flexibility index (Phi) is 5.19. The van der Waals surface area contributed by atoms with E-state index in [-0.39, 0.29) is 12.1 Å². The molecule has 0 amide bonds. The van der Waals surface area contributed by atoms with Gasteiger partial charge in [-0.25, -0.2) is 0 Å². The lowest BCUT2D eigenvalue weighted by Gasteiger charge is -2.30. The number of nitrogens with two attached hydrogens (primary N) is 1. The maximum Gasteiger partial charge on any atom is 0.110 e. The van der Waals surface area contributed by atoms with Crippen molar-refractivity contribution >= 4 is 0 Å². The number of ether oxygens (including phenoxy) is 1. The van der Waals surface area contributed by atoms with Crippen molar-refractivity contribution in [2.24, 2.45) is 5.73 Å². The van der Waals surface area contributed by atoms with Crippen molar-refractivity contribution < 1.29 is 9.84 Å². The molecule has 1 fully saturated rings. The molecule has 0 heterocycles. The van der Waals surface area contributed by atoms with Crippen LogP contribution < -0.4 is 5.73 Å². The SMILES string of the molecule is CC(O)(COCC1(N)CCCCCC1)c1ccccc1. The Hall–Kier alpha value is -0.900. The average Bonchev–Trinajstić information content (AvgIpc) is 2.65. The number of hydrogen-bond donors (Lipinski definition) is 2. The summed E-state index contributed by atoms with van der Waals surface area (Å²) < 4.78 is 5.78. The lowest BCUT2D eigenvalue weighted by molar-refractivity contribution is -0.0509. The molecule has 20 heavy (non-hydrogen) atoms. The van der Waals surface area contributed by atoms with Gasteiger partial charge >= 0.3 is 0 Å². The molecule has 1 atom stereocenters. The van der Waals surface area contributed by atoms with Gasteiger partial charge in [-0.05, 0) is 25.3 Å². The summed E-state index contributed by atoms with van der Waals surface area (Å²) in [6, 6.07) is 9.65. The van der Waals surface area contributed by atoms with Gasteiger partial charge in [0.05, 0.1) is 13.2 Å². The lowest BCUT2D eigenvalue weighted by Crippen LogP contribution is -2.45. The van der Waals surface area contributed by atoms with Crippen LogP contribution in [-0.4, -0.2) is 23.9 Å². The highest BCUT2D eigenvalue weighted by molar-refractivity contribution is 5.21. The summed E-state index contributed by atoms with van der Waals surface area (Å²) in [7, 11) is 0. The van der Waals surface area contributed by atoms with Gasteiger partial charge in [0.2, 0.25) is 0 Å². The molecule has 3 nitrogen and oxygen atoms in total. The predicted molar refractivity (Wildman–Crippen MR) is 81.5 cm³/mol. The van der Waals surface area contributed by atoms with Crippen molar-refractivity contribution in [3.05, 3.63) is 35.9 Å². The van der Waals surface area contributed by atoms with Crippen molar-refractivity contribution in [1.82, 2.24) is 0 Å². The third-order valence-corrected chi connectivity index (χ3v) is 4.27. The molecular formula is C17H27NO2. The second-order valence-corrected chi connectivity index (χ2v) is 6.41. The molecule has 3 heteroatoms. The predicted octanol–water partition coefficient (Wildman–Crippen LogP) is 2.96. The Morgan fingerprint density at radius 1 is 1.15 bits per heavy atom. The summed E-state index contributed by atoms with van der Waals surface area (Å²) in [5.41, 5.74) is 6.14. The minimum atomic E-state index is -0.956. The highest BCUT2D eigenvalue weighted by Crippen LogP contribution is 2.26. The van der Waals surface area contributed by atoms with Crippen LogP contribution in [-0.2, 0) is 10.3 Å². The first-order valence-electron chi connectivity index (χ1n) is 7.66. The molecule has 0 aliphatic heterocycles. The fraction of sp³-hybridized carbons (Fsp3) is 0.647. The summed E-state index contributed by atoms with van der Waals surface area (Å²) >= 11 is 0. The minimum absolute atomic E-state index is 0.205. The molecule has 1 aliphatic carbocycles.